The summed E-state index contributed by atoms with van der Waals surface area (Å²) in [4.78, 5) is 0. The number of benzene rings is 2. The van der Waals surface area contributed by atoms with Crippen molar-refractivity contribution in [3.05, 3.63) is 47.8 Å². The van der Waals surface area contributed by atoms with E-state index in [1.165, 1.54) is 18.9 Å². The molecule has 1 fully saturated rings. The molecule has 0 amide bonds. The monoisotopic (exact) mass is 310 g/mol. The average molecular weight is 310 g/mol. The molecule has 1 aliphatic rings. The third-order valence-corrected chi connectivity index (χ3v) is 4.82. The van der Waals surface area contributed by atoms with Crippen molar-refractivity contribution < 1.29 is 9.50 Å². The molecule has 3 nitrogen and oxygen atoms in total. The van der Waals surface area contributed by atoms with E-state index in [9.17, 15) is 9.50 Å². The summed E-state index contributed by atoms with van der Waals surface area (Å²) in [5.74, 6) is 0.0445. The van der Waals surface area contributed by atoms with E-state index in [0.717, 1.165) is 35.0 Å². The number of aromatic nitrogens is 2. The van der Waals surface area contributed by atoms with Crippen LogP contribution in [0.4, 0.5) is 4.39 Å². The first-order valence-corrected chi connectivity index (χ1v) is 8.12. The summed E-state index contributed by atoms with van der Waals surface area (Å²) in [6.45, 7) is 1.86. The van der Waals surface area contributed by atoms with E-state index in [4.69, 9.17) is 5.10 Å². The predicted molar refractivity (Wildman–Crippen MR) is 89.0 cm³/mol. The molecule has 4 heteroatoms. The summed E-state index contributed by atoms with van der Waals surface area (Å²) in [5, 5.41) is 15.3. The van der Waals surface area contributed by atoms with Gasteiger partial charge in [0.2, 0.25) is 0 Å². The Morgan fingerprint density at radius 1 is 1.17 bits per heavy atom. The van der Waals surface area contributed by atoms with Crippen LogP contribution in [-0.2, 0) is 0 Å². The number of nitrogens with zero attached hydrogens (tertiary/aromatic N) is 2. The van der Waals surface area contributed by atoms with Crippen LogP contribution in [0.5, 0.6) is 5.75 Å². The number of rotatable bonds is 2. The summed E-state index contributed by atoms with van der Waals surface area (Å²) in [6.07, 6.45) is 4.46. The Morgan fingerprint density at radius 3 is 2.70 bits per heavy atom. The number of hydrogen-bond donors (Lipinski definition) is 1. The van der Waals surface area contributed by atoms with Gasteiger partial charge in [0.05, 0.1) is 6.04 Å². The van der Waals surface area contributed by atoms with Gasteiger partial charge in [-0.25, -0.2) is 4.39 Å². The lowest BCUT2D eigenvalue weighted by Crippen LogP contribution is -2.07. The number of phenols is 1. The van der Waals surface area contributed by atoms with Crippen LogP contribution in [0.15, 0.2) is 36.4 Å². The number of phenolic OH excluding ortho intramolecular Hbond substituents is 1. The second-order valence-corrected chi connectivity index (χ2v) is 6.37. The van der Waals surface area contributed by atoms with Gasteiger partial charge in [-0.1, -0.05) is 25.0 Å². The average Bonchev–Trinajstić information content (AvgIpc) is 3.17. The minimum Gasteiger partial charge on any atom is -0.508 e. The Labute approximate surface area is 134 Å². The second-order valence-electron chi connectivity index (χ2n) is 6.37. The van der Waals surface area contributed by atoms with Crippen LogP contribution in [0.3, 0.4) is 0 Å². The minimum atomic E-state index is -0.219. The third kappa shape index (κ3) is 2.29. The molecular formula is C19H19FN2O. The SMILES string of the molecule is Cc1cc(-c2nn(C3CCCC3)c3c(F)cccc23)ccc1O. The number of hydrogen-bond acceptors (Lipinski definition) is 2. The Morgan fingerprint density at radius 2 is 1.96 bits per heavy atom. The highest BCUT2D eigenvalue weighted by atomic mass is 19.1. The lowest BCUT2D eigenvalue weighted by molar-refractivity contribution is 0.471. The number of halogens is 1. The van der Waals surface area contributed by atoms with Gasteiger partial charge >= 0.3 is 0 Å². The zero-order valence-electron chi connectivity index (χ0n) is 13.1. The maximum absolute atomic E-state index is 14.5. The molecule has 2 aromatic carbocycles. The van der Waals surface area contributed by atoms with Gasteiger partial charge < -0.3 is 5.11 Å². The van der Waals surface area contributed by atoms with Gasteiger partial charge in [0.25, 0.3) is 0 Å². The summed E-state index contributed by atoms with van der Waals surface area (Å²) < 4.78 is 16.4. The van der Waals surface area contributed by atoms with Crippen molar-refractivity contribution in [3.8, 4) is 17.0 Å². The summed E-state index contributed by atoms with van der Waals surface area (Å²) >= 11 is 0. The lowest BCUT2D eigenvalue weighted by atomic mass is 10.0. The highest BCUT2D eigenvalue weighted by Gasteiger charge is 2.24. The van der Waals surface area contributed by atoms with Crippen molar-refractivity contribution >= 4 is 10.9 Å². The fourth-order valence-corrected chi connectivity index (χ4v) is 3.58. The minimum absolute atomic E-state index is 0.219. The zero-order valence-corrected chi connectivity index (χ0v) is 13.1. The number of para-hydroxylation sites is 1. The van der Waals surface area contributed by atoms with Crippen LogP contribution in [0, 0.1) is 12.7 Å². The van der Waals surface area contributed by atoms with E-state index in [1.54, 1.807) is 12.1 Å². The van der Waals surface area contributed by atoms with Gasteiger partial charge in [-0.2, -0.15) is 5.10 Å². The predicted octanol–water partition coefficient (Wildman–Crippen LogP) is 4.97. The van der Waals surface area contributed by atoms with E-state index in [2.05, 4.69) is 0 Å². The molecule has 0 spiro atoms. The molecule has 1 saturated carbocycles. The normalized spacial score (nSPS) is 15.6. The van der Waals surface area contributed by atoms with Crippen LogP contribution in [0.2, 0.25) is 0 Å². The molecule has 1 aliphatic carbocycles. The van der Waals surface area contributed by atoms with Gasteiger partial charge in [-0.15, -0.1) is 0 Å². The van der Waals surface area contributed by atoms with Crippen molar-refractivity contribution in [1.29, 1.82) is 0 Å². The van der Waals surface area contributed by atoms with Crippen LogP contribution in [-0.4, -0.2) is 14.9 Å². The highest BCUT2D eigenvalue weighted by Crippen LogP contribution is 2.37. The molecular weight excluding hydrogens is 291 g/mol. The Balaban J connectivity index is 1.96. The quantitative estimate of drug-likeness (QED) is 0.725. The van der Waals surface area contributed by atoms with Gasteiger partial charge in [-0.3, -0.25) is 4.68 Å². The molecule has 0 bridgehead atoms. The van der Waals surface area contributed by atoms with E-state index in [1.807, 2.05) is 29.8 Å². The highest BCUT2D eigenvalue weighted by molar-refractivity contribution is 5.94. The fourth-order valence-electron chi connectivity index (χ4n) is 3.58. The lowest BCUT2D eigenvalue weighted by Gasteiger charge is -2.11. The molecule has 118 valence electrons. The molecule has 0 saturated heterocycles. The Kier molecular flexibility index (Phi) is 3.33. The van der Waals surface area contributed by atoms with E-state index in [0.29, 0.717) is 5.52 Å². The smallest absolute Gasteiger partial charge is 0.149 e. The van der Waals surface area contributed by atoms with Gasteiger partial charge in [-0.05, 0) is 49.6 Å². The molecule has 3 aromatic rings. The third-order valence-electron chi connectivity index (χ3n) is 4.82. The first kappa shape index (κ1) is 14.2. The zero-order chi connectivity index (χ0) is 16.0. The maximum Gasteiger partial charge on any atom is 0.149 e. The molecule has 4 rings (SSSR count). The molecule has 23 heavy (non-hydrogen) atoms. The van der Waals surface area contributed by atoms with Gasteiger partial charge in [0.15, 0.2) is 0 Å². The van der Waals surface area contributed by atoms with Crippen molar-refractivity contribution in [2.45, 2.75) is 38.6 Å². The van der Waals surface area contributed by atoms with Crippen LogP contribution < -0.4 is 0 Å². The van der Waals surface area contributed by atoms with Crippen molar-refractivity contribution in [1.82, 2.24) is 9.78 Å². The topological polar surface area (TPSA) is 38.0 Å². The molecule has 0 radical (unpaired) electrons. The Bertz CT molecular complexity index is 878. The second kappa shape index (κ2) is 5.37. The van der Waals surface area contributed by atoms with Crippen LogP contribution in [0.25, 0.3) is 22.2 Å². The maximum atomic E-state index is 14.5. The standard InChI is InChI=1S/C19H19FN2O/c1-12-11-13(9-10-17(12)23)18-15-7-4-8-16(20)19(15)22(21-18)14-5-2-3-6-14/h4,7-11,14,23H,2-3,5-6H2,1H3. The molecule has 0 atom stereocenters. The summed E-state index contributed by atoms with van der Waals surface area (Å²) in [6, 6.07) is 10.9. The molecule has 1 heterocycles. The van der Waals surface area contributed by atoms with Crippen molar-refractivity contribution in [2.24, 2.45) is 0 Å². The van der Waals surface area contributed by atoms with Gasteiger partial charge in [0.1, 0.15) is 22.8 Å². The first-order chi connectivity index (χ1) is 11.1. The molecule has 1 N–H and O–H groups in total. The van der Waals surface area contributed by atoms with Crippen molar-refractivity contribution in [2.75, 3.05) is 0 Å². The molecule has 0 aliphatic heterocycles. The fraction of sp³-hybridized carbons (Fsp3) is 0.316. The van der Waals surface area contributed by atoms with Crippen LogP contribution in [0.1, 0.15) is 37.3 Å². The van der Waals surface area contributed by atoms with Gasteiger partial charge in [0, 0.05) is 10.9 Å². The van der Waals surface area contributed by atoms with E-state index >= 15 is 0 Å². The van der Waals surface area contributed by atoms with E-state index in [-0.39, 0.29) is 17.6 Å². The summed E-state index contributed by atoms with van der Waals surface area (Å²) in [5.41, 5.74) is 3.09. The van der Waals surface area contributed by atoms with Crippen LogP contribution >= 0.6 is 0 Å². The number of aromatic hydroxyl groups is 1. The molecule has 0 unspecified atom stereocenters. The van der Waals surface area contributed by atoms with E-state index < -0.39 is 0 Å². The Hall–Kier alpha value is -2.36. The largest absolute Gasteiger partial charge is 0.508 e. The first-order valence-electron chi connectivity index (χ1n) is 8.12. The van der Waals surface area contributed by atoms with Crippen molar-refractivity contribution in [3.63, 3.8) is 0 Å². The molecule has 1 aromatic heterocycles. The number of aryl methyl sites for hydroxylation is 1. The summed E-state index contributed by atoms with van der Waals surface area (Å²) in [7, 11) is 0. The number of fused-ring (bicyclic) bond motifs is 1.